The maximum Gasteiger partial charge on any atom is -0.00723 e. The molecular formula is C17H26. The Balaban J connectivity index is 2.31. The van der Waals surface area contributed by atoms with Gasteiger partial charge in [-0.25, -0.2) is 0 Å². The summed E-state index contributed by atoms with van der Waals surface area (Å²) in [5.74, 6) is 1.75. The summed E-state index contributed by atoms with van der Waals surface area (Å²) in [7, 11) is 0. The van der Waals surface area contributed by atoms with Crippen LogP contribution in [0, 0.1) is 25.7 Å². The van der Waals surface area contributed by atoms with Gasteiger partial charge in [0, 0.05) is 0 Å². The molecule has 17 heavy (non-hydrogen) atoms. The first-order chi connectivity index (χ1) is 7.90. The van der Waals surface area contributed by atoms with Gasteiger partial charge in [0.05, 0.1) is 0 Å². The molecule has 1 aliphatic carbocycles. The molecule has 0 amide bonds. The van der Waals surface area contributed by atoms with Gasteiger partial charge < -0.3 is 0 Å². The van der Waals surface area contributed by atoms with Crippen LogP contribution in [0.1, 0.15) is 56.7 Å². The number of hydrogen-bond donors (Lipinski definition) is 0. The molecule has 1 aliphatic rings. The van der Waals surface area contributed by atoms with Gasteiger partial charge in [-0.3, -0.25) is 0 Å². The van der Waals surface area contributed by atoms with Gasteiger partial charge >= 0.3 is 0 Å². The van der Waals surface area contributed by atoms with Crippen molar-refractivity contribution in [2.75, 3.05) is 0 Å². The van der Waals surface area contributed by atoms with E-state index < -0.39 is 0 Å². The molecule has 0 spiro atoms. The van der Waals surface area contributed by atoms with Crippen LogP contribution in [0.3, 0.4) is 0 Å². The lowest BCUT2D eigenvalue weighted by molar-refractivity contribution is 0.186. The summed E-state index contributed by atoms with van der Waals surface area (Å²) < 4.78 is 0. The molecule has 0 saturated heterocycles. The van der Waals surface area contributed by atoms with Crippen molar-refractivity contribution in [3.63, 3.8) is 0 Å². The lowest BCUT2D eigenvalue weighted by Crippen LogP contribution is -2.32. The first-order valence-electron chi connectivity index (χ1n) is 6.99. The summed E-state index contributed by atoms with van der Waals surface area (Å²) in [4.78, 5) is 0. The van der Waals surface area contributed by atoms with Crippen LogP contribution < -0.4 is 0 Å². The minimum atomic E-state index is 0.405. The predicted octanol–water partition coefficient (Wildman–Crippen LogP) is 5.02. The van der Waals surface area contributed by atoms with Crippen molar-refractivity contribution in [3.8, 4) is 0 Å². The van der Waals surface area contributed by atoms with Crippen molar-refractivity contribution in [2.45, 2.75) is 59.3 Å². The number of benzene rings is 1. The van der Waals surface area contributed by atoms with Crippen LogP contribution in [0.5, 0.6) is 0 Å². The van der Waals surface area contributed by atoms with E-state index in [2.05, 4.69) is 52.8 Å². The summed E-state index contributed by atoms with van der Waals surface area (Å²) >= 11 is 0. The highest BCUT2D eigenvalue weighted by Crippen LogP contribution is 2.44. The van der Waals surface area contributed by atoms with E-state index in [4.69, 9.17) is 0 Å². The Morgan fingerprint density at radius 1 is 1.00 bits per heavy atom. The molecule has 0 radical (unpaired) electrons. The second kappa shape index (κ2) is 4.48. The van der Waals surface area contributed by atoms with Crippen molar-refractivity contribution in [3.05, 3.63) is 34.9 Å². The topological polar surface area (TPSA) is 0 Å². The Kier molecular flexibility index (Phi) is 3.34. The smallest absolute Gasteiger partial charge is 0.00723 e. The molecule has 1 aromatic rings. The van der Waals surface area contributed by atoms with Gasteiger partial charge in [0.25, 0.3) is 0 Å². The molecule has 1 saturated carbocycles. The quantitative estimate of drug-likeness (QED) is 0.635. The Morgan fingerprint density at radius 3 is 2.12 bits per heavy atom. The fourth-order valence-corrected chi connectivity index (χ4v) is 3.43. The first-order valence-corrected chi connectivity index (χ1v) is 6.99. The Labute approximate surface area is 106 Å². The third-order valence-corrected chi connectivity index (χ3v) is 4.81. The minimum absolute atomic E-state index is 0.405. The van der Waals surface area contributed by atoms with Gasteiger partial charge in [-0.05, 0) is 55.9 Å². The number of aryl methyl sites for hydroxylation is 2. The van der Waals surface area contributed by atoms with Crippen LogP contribution in [0.25, 0.3) is 0 Å². The molecule has 94 valence electrons. The predicted molar refractivity (Wildman–Crippen MR) is 75.4 cm³/mol. The van der Waals surface area contributed by atoms with E-state index in [0.717, 1.165) is 11.8 Å². The summed E-state index contributed by atoms with van der Waals surface area (Å²) in [5, 5.41) is 0. The van der Waals surface area contributed by atoms with Crippen LogP contribution >= 0.6 is 0 Å². The molecule has 1 aromatic carbocycles. The van der Waals surface area contributed by atoms with E-state index in [0.29, 0.717) is 5.41 Å². The van der Waals surface area contributed by atoms with Crippen LogP contribution in [0.2, 0.25) is 0 Å². The fourth-order valence-electron chi connectivity index (χ4n) is 3.43. The Morgan fingerprint density at radius 2 is 1.59 bits per heavy atom. The highest BCUT2D eigenvalue weighted by atomic mass is 14.4. The second-order valence-electron chi connectivity index (χ2n) is 6.63. The van der Waals surface area contributed by atoms with Crippen molar-refractivity contribution >= 4 is 0 Å². The van der Waals surface area contributed by atoms with E-state index in [9.17, 15) is 0 Å². The lowest BCUT2D eigenvalue weighted by atomic mass is 9.64. The summed E-state index contributed by atoms with van der Waals surface area (Å²) in [6.07, 6.45) is 4.07. The Hall–Kier alpha value is -0.780. The van der Waals surface area contributed by atoms with Gasteiger partial charge in [0.2, 0.25) is 0 Å². The van der Waals surface area contributed by atoms with Crippen molar-refractivity contribution in [2.24, 2.45) is 11.8 Å². The highest BCUT2D eigenvalue weighted by molar-refractivity contribution is 5.34. The van der Waals surface area contributed by atoms with Crippen molar-refractivity contribution in [1.82, 2.24) is 0 Å². The largest absolute Gasteiger partial charge is 0.0623 e. The van der Waals surface area contributed by atoms with E-state index in [1.54, 1.807) is 5.56 Å². The molecule has 0 heteroatoms. The molecule has 0 heterocycles. The van der Waals surface area contributed by atoms with Crippen LogP contribution in [0.15, 0.2) is 18.2 Å². The van der Waals surface area contributed by atoms with Gasteiger partial charge in [-0.1, -0.05) is 50.1 Å². The standard InChI is InChI=1S/C17H26/c1-12-8-13(2)10-16(9-12)17(5)7-6-14(3)15(4)11-17/h8-10,14-15H,6-7,11H2,1-5H3. The summed E-state index contributed by atoms with van der Waals surface area (Å²) in [5.41, 5.74) is 4.79. The average molecular weight is 230 g/mol. The molecule has 0 bridgehead atoms. The maximum absolute atomic E-state index is 2.46. The van der Waals surface area contributed by atoms with Gasteiger partial charge in [0.15, 0.2) is 0 Å². The average Bonchev–Trinajstić information content (AvgIpc) is 2.23. The molecule has 0 N–H and O–H groups in total. The summed E-state index contributed by atoms with van der Waals surface area (Å²) in [6, 6.07) is 7.08. The zero-order valence-corrected chi connectivity index (χ0v) is 12.0. The van der Waals surface area contributed by atoms with Crippen molar-refractivity contribution < 1.29 is 0 Å². The zero-order chi connectivity index (χ0) is 12.6. The van der Waals surface area contributed by atoms with Gasteiger partial charge in [0.1, 0.15) is 0 Å². The molecule has 1 fully saturated rings. The molecule has 3 atom stereocenters. The normalized spacial score (nSPS) is 33.7. The highest BCUT2D eigenvalue weighted by Gasteiger charge is 2.35. The third-order valence-electron chi connectivity index (χ3n) is 4.81. The van der Waals surface area contributed by atoms with Crippen LogP contribution in [-0.4, -0.2) is 0 Å². The molecule has 2 rings (SSSR count). The molecule has 0 aromatic heterocycles. The number of hydrogen-bond acceptors (Lipinski definition) is 0. The van der Waals surface area contributed by atoms with Crippen LogP contribution in [-0.2, 0) is 5.41 Å². The molecule has 0 aliphatic heterocycles. The minimum Gasteiger partial charge on any atom is -0.0623 e. The Bertz CT molecular complexity index is 384. The maximum atomic E-state index is 2.46. The second-order valence-corrected chi connectivity index (χ2v) is 6.63. The fraction of sp³-hybridized carbons (Fsp3) is 0.647. The lowest BCUT2D eigenvalue weighted by Gasteiger charge is -2.41. The molecular weight excluding hydrogens is 204 g/mol. The van der Waals surface area contributed by atoms with Gasteiger partial charge in [-0.2, -0.15) is 0 Å². The van der Waals surface area contributed by atoms with E-state index in [1.807, 2.05) is 0 Å². The molecule has 3 unspecified atom stereocenters. The van der Waals surface area contributed by atoms with Crippen molar-refractivity contribution in [1.29, 1.82) is 0 Å². The van der Waals surface area contributed by atoms with E-state index >= 15 is 0 Å². The monoisotopic (exact) mass is 230 g/mol. The number of rotatable bonds is 1. The third kappa shape index (κ3) is 2.56. The first kappa shape index (κ1) is 12.7. The van der Waals surface area contributed by atoms with Gasteiger partial charge in [-0.15, -0.1) is 0 Å². The van der Waals surface area contributed by atoms with E-state index in [1.165, 1.54) is 30.4 Å². The molecule has 0 nitrogen and oxygen atoms in total. The summed E-state index contributed by atoms with van der Waals surface area (Å²) in [6.45, 7) is 11.7. The SMILES string of the molecule is Cc1cc(C)cc(C2(C)CCC(C)C(C)C2)c1. The zero-order valence-electron chi connectivity index (χ0n) is 12.0. The van der Waals surface area contributed by atoms with E-state index in [-0.39, 0.29) is 0 Å². The van der Waals surface area contributed by atoms with Crippen LogP contribution in [0.4, 0.5) is 0 Å².